The van der Waals surface area contributed by atoms with Crippen LogP contribution in [0.15, 0.2) is 40.3 Å². The van der Waals surface area contributed by atoms with Gasteiger partial charge >= 0.3 is 0 Å². The molecule has 1 aromatic carbocycles. The summed E-state index contributed by atoms with van der Waals surface area (Å²) >= 11 is 0. The first-order valence-corrected chi connectivity index (χ1v) is 7.95. The number of carbonyl (C=O) groups excluding carboxylic acids is 1. The van der Waals surface area contributed by atoms with Crippen molar-refractivity contribution < 1.29 is 4.79 Å². The summed E-state index contributed by atoms with van der Waals surface area (Å²) in [6.45, 7) is 3.31. The maximum Gasteiger partial charge on any atom is 0.258 e. The molecule has 130 valence electrons. The lowest BCUT2D eigenvalue weighted by molar-refractivity contribution is -0.113. The molecule has 0 spiro atoms. The number of aromatic nitrogens is 2. The van der Waals surface area contributed by atoms with Crippen LogP contribution < -0.4 is 21.5 Å². The molecule has 0 bridgehead atoms. The predicted octanol–water partition coefficient (Wildman–Crippen LogP) is 1.84. The number of aromatic amines is 1. The number of nitrogens with one attached hydrogen (secondary N) is 2. The second-order valence-electron chi connectivity index (χ2n) is 6.35. The third kappa shape index (κ3) is 2.88. The number of hydrogen-bond donors (Lipinski definition) is 3. The van der Waals surface area contributed by atoms with Gasteiger partial charge in [-0.1, -0.05) is 12.1 Å². The number of allylic oxidation sites excluding steroid dienone is 2. The number of carbonyl (C=O) groups is 1. The number of nitrogens with two attached hydrogens (primary N) is 1. The van der Waals surface area contributed by atoms with Gasteiger partial charge in [-0.05, 0) is 31.5 Å². The van der Waals surface area contributed by atoms with E-state index < -0.39 is 5.92 Å². The quantitative estimate of drug-likeness (QED) is 0.788. The molecule has 1 atom stereocenters. The Balaban J connectivity index is 2.24. The van der Waals surface area contributed by atoms with E-state index in [4.69, 9.17) is 5.73 Å². The zero-order valence-electron chi connectivity index (χ0n) is 14.7. The van der Waals surface area contributed by atoms with Crippen LogP contribution in [0.25, 0.3) is 0 Å². The molecule has 4 N–H and O–H groups in total. The summed E-state index contributed by atoms with van der Waals surface area (Å²) in [7, 11) is 3.91. The van der Waals surface area contributed by atoms with E-state index in [9.17, 15) is 9.59 Å². The molecule has 2 heterocycles. The fourth-order valence-electron chi connectivity index (χ4n) is 3.23. The molecule has 1 aliphatic heterocycles. The average Bonchev–Trinajstić information content (AvgIpc) is 2.52. The number of hydrogen-bond acceptors (Lipinski definition) is 6. The van der Waals surface area contributed by atoms with E-state index in [1.165, 1.54) is 6.92 Å². The lowest BCUT2D eigenvalue weighted by Crippen LogP contribution is -2.30. The Morgan fingerprint density at radius 1 is 1.24 bits per heavy atom. The first-order valence-electron chi connectivity index (χ1n) is 7.95. The van der Waals surface area contributed by atoms with Gasteiger partial charge in [-0.3, -0.25) is 14.6 Å². The molecule has 0 amide bonds. The van der Waals surface area contributed by atoms with Gasteiger partial charge in [0.25, 0.3) is 5.56 Å². The summed E-state index contributed by atoms with van der Waals surface area (Å²) in [5, 5.41) is 3.04. The molecule has 1 aliphatic rings. The van der Waals surface area contributed by atoms with E-state index in [1.54, 1.807) is 6.92 Å². The average molecular weight is 339 g/mol. The second-order valence-corrected chi connectivity index (χ2v) is 6.35. The van der Waals surface area contributed by atoms with Gasteiger partial charge in [0.1, 0.15) is 5.82 Å². The topological polar surface area (TPSA) is 104 Å². The molecule has 0 fully saturated rings. The minimum Gasteiger partial charge on any atom is -0.378 e. The van der Waals surface area contributed by atoms with Crippen molar-refractivity contribution in [3.05, 3.63) is 57.0 Å². The highest BCUT2D eigenvalue weighted by molar-refractivity contribution is 5.98. The third-order valence-electron chi connectivity index (χ3n) is 4.38. The van der Waals surface area contributed by atoms with E-state index in [0.29, 0.717) is 22.7 Å². The van der Waals surface area contributed by atoms with Crippen LogP contribution in [0, 0.1) is 0 Å². The Morgan fingerprint density at radius 2 is 1.88 bits per heavy atom. The summed E-state index contributed by atoms with van der Waals surface area (Å²) in [6, 6.07) is 7.79. The molecule has 1 unspecified atom stereocenters. The minimum atomic E-state index is -0.484. The molecule has 25 heavy (non-hydrogen) atoms. The molecule has 3 rings (SSSR count). The van der Waals surface area contributed by atoms with E-state index in [0.717, 1.165) is 11.3 Å². The summed E-state index contributed by atoms with van der Waals surface area (Å²) < 4.78 is 0. The van der Waals surface area contributed by atoms with Gasteiger partial charge in [-0.2, -0.15) is 4.98 Å². The zero-order valence-corrected chi connectivity index (χ0v) is 14.7. The van der Waals surface area contributed by atoms with Crippen LogP contribution in [0.4, 0.5) is 17.5 Å². The van der Waals surface area contributed by atoms with Crippen LogP contribution in [0.5, 0.6) is 0 Å². The van der Waals surface area contributed by atoms with Crippen molar-refractivity contribution in [2.45, 2.75) is 19.8 Å². The number of fused-ring (bicyclic) bond motifs is 1. The van der Waals surface area contributed by atoms with Gasteiger partial charge < -0.3 is 16.0 Å². The van der Waals surface area contributed by atoms with Crippen LogP contribution in [0.2, 0.25) is 0 Å². The van der Waals surface area contributed by atoms with Gasteiger partial charge in [0.2, 0.25) is 5.95 Å². The maximum absolute atomic E-state index is 12.6. The van der Waals surface area contributed by atoms with Crippen molar-refractivity contribution in [3.63, 3.8) is 0 Å². The van der Waals surface area contributed by atoms with Crippen LogP contribution in [-0.4, -0.2) is 29.8 Å². The van der Waals surface area contributed by atoms with Crippen molar-refractivity contribution in [1.29, 1.82) is 0 Å². The summed E-state index contributed by atoms with van der Waals surface area (Å²) in [4.78, 5) is 33.6. The highest BCUT2D eigenvalue weighted by atomic mass is 16.1. The van der Waals surface area contributed by atoms with Gasteiger partial charge in [0.15, 0.2) is 5.78 Å². The van der Waals surface area contributed by atoms with Crippen molar-refractivity contribution in [2.75, 3.05) is 30.0 Å². The number of benzene rings is 1. The predicted molar refractivity (Wildman–Crippen MR) is 98.9 cm³/mol. The molecule has 0 aliphatic carbocycles. The Kier molecular flexibility index (Phi) is 4.08. The van der Waals surface area contributed by atoms with Crippen molar-refractivity contribution in [2.24, 2.45) is 0 Å². The number of rotatable bonds is 3. The fraction of sp³-hybridized carbons (Fsp3) is 0.278. The van der Waals surface area contributed by atoms with Crippen LogP contribution in [-0.2, 0) is 4.79 Å². The fourth-order valence-corrected chi connectivity index (χ4v) is 3.23. The lowest BCUT2D eigenvalue weighted by atomic mass is 9.81. The molecule has 0 saturated heterocycles. The number of nitrogen functional groups attached to an aromatic ring is 1. The van der Waals surface area contributed by atoms with Crippen LogP contribution in [0.3, 0.4) is 0 Å². The highest BCUT2D eigenvalue weighted by Crippen LogP contribution is 2.39. The minimum absolute atomic E-state index is 0.0389. The first-order chi connectivity index (χ1) is 11.8. The Hall–Kier alpha value is -3.09. The monoisotopic (exact) mass is 339 g/mol. The molecule has 1 aromatic heterocycles. The number of ketones is 1. The van der Waals surface area contributed by atoms with E-state index in [-0.39, 0.29) is 17.3 Å². The summed E-state index contributed by atoms with van der Waals surface area (Å²) in [6.07, 6.45) is 0. The number of Topliss-reactive ketones (excluding diaryl/α,β-unsaturated/α-hetero) is 1. The van der Waals surface area contributed by atoms with E-state index in [2.05, 4.69) is 15.3 Å². The third-order valence-corrected chi connectivity index (χ3v) is 4.38. The summed E-state index contributed by atoms with van der Waals surface area (Å²) in [5.74, 6) is -0.141. The molecule has 0 radical (unpaired) electrons. The van der Waals surface area contributed by atoms with Gasteiger partial charge in [0, 0.05) is 37.0 Å². The normalized spacial score (nSPS) is 16.2. The lowest BCUT2D eigenvalue weighted by Gasteiger charge is -2.29. The molecule has 0 saturated carbocycles. The number of H-pyrrole nitrogens is 1. The smallest absolute Gasteiger partial charge is 0.258 e. The Morgan fingerprint density at radius 3 is 2.44 bits per heavy atom. The number of anilines is 3. The van der Waals surface area contributed by atoms with Crippen molar-refractivity contribution in [1.82, 2.24) is 9.97 Å². The highest BCUT2D eigenvalue weighted by Gasteiger charge is 2.33. The Labute approximate surface area is 145 Å². The first kappa shape index (κ1) is 16.8. The molecule has 7 nitrogen and oxygen atoms in total. The van der Waals surface area contributed by atoms with Crippen LogP contribution in [0.1, 0.15) is 30.9 Å². The van der Waals surface area contributed by atoms with E-state index in [1.807, 2.05) is 43.3 Å². The maximum atomic E-state index is 12.6. The SMILES string of the molecule is CC(=O)C1=C(C)Nc2nc(N)[nH]c(=O)c2C1c1ccc(N(C)C)cc1. The van der Waals surface area contributed by atoms with E-state index >= 15 is 0 Å². The second kappa shape index (κ2) is 6.08. The summed E-state index contributed by atoms with van der Waals surface area (Å²) in [5.41, 5.74) is 8.85. The van der Waals surface area contributed by atoms with Crippen molar-refractivity contribution >= 4 is 23.2 Å². The molecular weight excluding hydrogens is 318 g/mol. The van der Waals surface area contributed by atoms with Crippen LogP contribution >= 0.6 is 0 Å². The molecular formula is C18H21N5O2. The van der Waals surface area contributed by atoms with Gasteiger partial charge in [0.05, 0.1) is 5.56 Å². The standard InChI is InChI=1S/C18H21N5O2/c1-9-13(10(2)24)14(11-5-7-12(8-6-11)23(3)4)15-16(20-9)21-18(19)22-17(15)25/h5-8,14H,1-4H3,(H4,19,20,21,22,25). The van der Waals surface area contributed by atoms with Gasteiger partial charge in [-0.15, -0.1) is 0 Å². The number of nitrogens with zero attached hydrogens (tertiary/aromatic N) is 2. The largest absolute Gasteiger partial charge is 0.378 e. The molecule has 2 aromatic rings. The van der Waals surface area contributed by atoms with Gasteiger partial charge in [-0.25, -0.2) is 0 Å². The van der Waals surface area contributed by atoms with Crippen molar-refractivity contribution in [3.8, 4) is 0 Å². The zero-order chi connectivity index (χ0) is 18.3. The Bertz CT molecular complexity index is 925. The molecule has 7 heteroatoms.